The highest BCUT2D eigenvalue weighted by Gasteiger charge is 2.37. The van der Waals surface area contributed by atoms with Crippen molar-refractivity contribution >= 4 is 0 Å². The van der Waals surface area contributed by atoms with Crippen LogP contribution in [-0.4, -0.2) is 40.4 Å². The second kappa shape index (κ2) is 6.97. The summed E-state index contributed by atoms with van der Waals surface area (Å²) in [7, 11) is 9.00. The van der Waals surface area contributed by atoms with E-state index in [-0.39, 0.29) is 0 Å². The highest BCUT2D eigenvalue weighted by Crippen LogP contribution is 2.49. The zero-order valence-electron chi connectivity index (χ0n) is 16.7. The number of methoxy groups -OCH3 is 4. The Bertz CT molecular complexity index is 864. The molecule has 0 amide bonds. The predicted molar refractivity (Wildman–Crippen MR) is 104 cm³/mol. The molecular formula is C22H27NO4. The van der Waals surface area contributed by atoms with Crippen molar-refractivity contribution in [2.24, 2.45) is 0 Å². The van der Waals surface area contributed by atoms with Crippen LogP contribution in [0.25, 0.3) is 0 Å². The molecule has 0 spiro atoms. The molecule has 0 saturated heterocycles. The van der Waals surface area contributed by atoms with Crippen LogP contribution in [0.4, 0.5) is 0 Å². The Balaban J connectivity index is 1.84. The van der Waals surface area contributed by atoms with Gasteiger partial charge in [-0.1, -0.05) is 0 Å². The van der Waals surface area contributed by atoms with E-state index in [4.69, 9.17) is 18.9 Å². The van der Waals surface area contributed by atoms with Gasteiger partial charge in [0, 0.05) is 12.1 Å². The lowest BCUT2D eigenvalue weighted by Gasteiger charge is -2.40. The van der Waals surface area contributed by atoms with Gasteiger partial charge < -0.3 is 18.9 Å². The Hall–Kier alpha value is -2.40. The maximum absolute atomic E-state index is 5.57. The first-order chi connectivity index (χ1) is 13.1. The van der Waals surface area contributed by atoms with Gasteiger partial charge in [-0.15, -0.1) is 0 Å². The Morgan fingerprint density at radius 1 is 0.704 bits per heavy atom. The van der Waals surface area contributed by atoms with Crippen LogP contribution in [-0.2, 0) is 12.8 Å². The summed E-state index contributed by atoms with van der Waals surface area (Å²) in [6.07, 6.45) is 3.00. The van der Waals surface area contributed by atoms with Crippen LogP contribution in [0, 0.1) is 0 Å². The number of ether oxygens (including phenoxy) is 4. The van der Waals surface area contributed by atoms with Crippen LogP contribution in [0.2, 0.25) is 0 Å². The Kier molecular flexibility index (Phi) is 4.64. The van der Waals surface area contributed by atoms with Crippen molar-refractivity contribution in [1.29, 1.82) is 0 Å². The van der Waals surface area contributed by atoms with Gasteiger partial charge >= 0.3 is 0 Å². The standard InChI is InChI=1S/C22H27NO4/c1-23-17-7-6-13-9-19(24-2)21(26-4)11-15(13)18(23)8-14-10-20(25-3)22(27-5)12-16(14)17/h9-12,17-18H,6-8H2,1-5H3/t17-,18-/m0/s1. The Morgan fingerprint density at radius 2 is 1.19 bits per heavy atom. The fourth-order valence-electron chi connectivity index (χ4n) is 4.66. The van der Waals surface area contributed by atoms with E-state index < -0.39 is 0 Å². The minimum absolute atomic E-state index is 0.304. The molecular weight excluding hydrogens is 342 g/mol. The van der Waals surface area contributed by atoms with Crippen molar-refractivity contribution in [3.8, 4) is 23.0 Å². The lowest BCUT2D eigenvalue weighted by molar-refractivity contribution is 0.154. The zero-order chi connectivity index (χ0) is 19.1. The molecule has 144 valence electrons. The molecule has 2 aromatic carbocycles. The third-order valence-corrected chi connectivity index (χ3v) is 6.09. The van der Waals surface area contributed by atoms with Gasteiger partial charge in [0.25, 0.3) is 0 Å². The van der Waals surface area contributed by atoms with E-state index in [1.54, 1.807) is 28.4 Å². The molecule has 27 heavy (non-hydrogen) atoms. The first kappa shape index (κ1) is 18.0. The summed E-state index contributed by atoms with van der Waals surface area (Å²) in [6, 6.07) is 9.26. The highest BCUT2D eigenvalue weighted by atomic mass is 16.5. The van der Waals surface area contributed by atoms with E-state index in [1.165, 1.54) is 22.3 Å². The molecule has 0 saturated carbocycles. The first-order valence-electron chi connectivity index (χ1n) is 9.32. The SMILES string of the molecule is COc1cc2c(cc1OC)[C@@H]1CCc3cc(OC)c(OC)cc3[C@H](C2)N1C. The van der Waals surface area contributed by atoms with Crippen LogP contribution in [0.5, 0.6) is 23.0 Å². The lowest BCUT2D eigenvalue weighted by atomic mass is 9.85. The van der Waals surface area contributed by atoms with Gasteiger partial charge in [-0.3, -0.25) is 4.90 Å². The second-order valence-corrected chi connectivity index (χ2v) is 7.25. The summed E-state index contributed by atoms with van der Waals surface area (Å²) < 4.78 is 22.2. The lowest BCUT2D eigenvalue weighted by Crippen LogP contribution is -2.34. The van der Waals surface area contributed by atoms with E-state index in [1.807, 2.05) is 0 Å². The van der Waals surface area contributed by atoms with Crippen molar-refractivity contribution in [3.05, 3.63) is 46.5 Å². The summed E-state index contributed by atoms with van der Waals surface area (Å²) in [6.45, 7) is 0. The molecule has 5 heteroatoms. The number of likely N-dealkylation sites (N-methyl/N-ethyl adjacent to an activating group) is 1. The molecule has 0 aliphatic carbocycles. The maximum atomic E-state index is 5.57. The average Bonchev–Trinajstić information content (AvgIpc) is 2.78. The van der Waals surface area contributed by atoms with Crippen molar-refractivity contribution in [3.63, 3.8) is 0 Å². The number of rotatable bonds is 4. The van der Waals surface area contributed by atoms with Crippen LogP contribution in [0.1, 0.15) is 40.8 Å². The molecule has 2 atom stereocenters. The predicted octanol–water partition coefficient (Wildman–Crippen LogP) is 3.94. The van der Waals surface area contributed by atoms with Crippen LogP contribution < -0.4 is 18.9 Å². The number of hydrogen-bond acceptors (Lipinski definition) is 5. The van der Waals surface area contributed by atoms with Crippen molar-refractivity contribution < 1.29 is 18.9 Å². The molecule has 0 unspecified atom stereocenters. The van der Waals surface area contributed by atoms with E-state index in [2.05, 4.69) is 36.2 Å². The summed E-state index contributed by atoms with van der Waals surface area (Å²) in [4.78, 5) is 2.49. The van der Waals surface area contributed by atoms with Gasteiger partial charge in [-0.2, -0.15) is 0 Å². The summed E-state index contributed by atoms with van der Waals surface area (Å²) >= 11 is 0. The maximum Gasteiger partial charge on any atom is 0.161 e. The molecule has 2 aliphatic heterocycles. The van der Waals surface area contributed by atoms with Crippen LogP contribution >= 0.6 is 0 Å². The van der Waals surface area contributed by atoms with Gasteiger partial charge in [-0.05, 0) is 72.8 Å². The van der Waals surface area contributed by atoms with Gasteiger partial charge in [0.2, 0.25) is 0 Å². The number of fused-ring (bicyclic) bond motifs is 6. The third kappa shape index (κ3) is 2.81. The third-order valence-electron chi connectivity index (χ3n) is 6.09. The molecule has 2 aromatic rings. The molecule has 0 N–H and O–H groups in total. The van der Waals surface area contributed by atoms with E-state index >= 15 is 0 Å². The van der Waals surface area contributed by atoms with E-state index in [9.17, 15) is 0 Å². The van der Waals surface area contributed by atoms with Crippen molar-refractivity contribution in [1.82, 2.24) is 4.90 Å². The quantitative estimate of drug-likeness (QED) is 0.816. The largest absolute Gasteiger partial charge is 0.493 e. The molecule has 2 bridgehead atoms. The van der Waals surface area contributed by atoms with Gasteiger partial charge in [0.1, 0.15) is 0 Å². The van der Waals surface area contributed by atoms with E-state index in [0.717, 1.165) is 42.3 Å². The Labute approximate surface area is 160 Å². The Morgan fingerprint density at radius 3 is 1.74 bits per heavy atom. The number of aryl methyl sites for hydroxylation is 1. The summed E-state index contributed by atoms with van der Waals surface area (Å²) in [5.41, 5.74) is 5.36. The number of nitrogens with zero attached hydrogens (tertiary/aromatic N) is 1. The molecule has 4 rings (SSSR count). The van der Waals surface area contributed by atoms with Crippen molar-refractivity contribution in [2.45, 2.75) is 31.3 Å². The van der Waals surface area contributed by atoms with Crippen LogP contribution in [0.15, 0.2) is 24.3 Å². The second-order valence-electron chi connectivity index (χ2n) is 7.25. The normalized spacial score (nSPS) is 20.9. The molecule has 2 heterocycles. The summed E-state index contributed by atoms with van der Waals surface area (Å²) in [5, 5.41) is 0. The number of hydrogen-bond donors (Lipinski definition) is 0. The molecule has 0 aromatic heterocycles. The fourth-order valence-corrected chi connectivity index (χ4v) is 4.66. The van der Waals surface area contributed by atoms with Gasteiger partial charge in [0.05, 0.1) is 28.4 Å². The molecule has 0 fully saturated rings. The zero-order valence-corrected chi connectivity index (χ0v) is 16.7. The minimum Gasteiger partial charge on any atom is -0.493 e. The first-order valence-corrected chi connectivity index (χ1v) is 9.32. The molecule has 2 aliphatic rings. The highest BCUT2D eigenvalue weighted by molar-refractivity contribution is 5.53. The van der Waals surface area contributed by atoms with E-state index in [0.29, 0.717) is 12.1 Å². The topological polar surface area (TPSA) is 40.2 Å². The van der Waals surface area contributed by atoms with Crippen molar-refractivity contribution in [2.75, 3.05) is 35.5 Å². The van der Waals surface area contributed by atoms with Gasteiger partial charge in [-0.25, -0.2) is 0 Å². The molecule has 5 nitrogen and oxygen atoms in total. The van der Waals surface area contributed by atoms with Gasteiger partial charge in [0.15, 0.2) is 23.0 Å². The average molecular weight is 369 g/mol. The molecule has 0 radical (unpaired) electrons. The monoisotopic (exact) mass is 369 g/mol. The minimum atomic E-state index is 0.304. The fraction of sp³-hybridized carbons (Fsp3) is 0.455. The van der Waals surface area contributed by atoms with Crippen LogP contribution in [0.3, 0.4) is 0 Å². The smallest absolute Gasteiger partial charge is 0.161 e. The number of benzene rings is 2. The summed E-state index contributed by atoms with van der Waals surface area (Å²) in [5.74, 6) is 3.19.